The molecule has 0 aliphatic carbocycles. The van der Waals surface area contributed by atoms with Crippen LogP contribution in [0.25, 0.3) is 0 Å². The number of rotatable bonds is 4. The van der Waals surface area contributed by atoms with Gasteiger partial charge in [-0.05, 0) is 5.41 Å². The molecule has 0 aliphatic heterocycles. The Morgan fingerprint density at radius 1 is 1.89 bits per heavy atom. The van der Waals surface area contributed by atoms with Crippen LogP contribution in [0.5, 0.6) is 0 Å². The van der Waals surface area contributed by atoms with Crippen molar-refractivity contribution in [3.63, 3.8) is 0 Å². The van der Waals surface area contributed by atoms with Gasteiger partial charge in [0.05, 0.1) is 5.75 Å². The molecule has 0 saturated carbocycles. The Morgan fingerprint density at radius 3 is 3.00 bits per heavy atom. The predicted molar refractivity (Wildman–Crippen MR) is 37.9 cm³/mol. The highest BCUT2D eigenvalue weighted by Crippen LogP contribution is 1.97. The molecule has 4 heteroatoms. The molecule has 0 aromatic carbocycles. The molecule has 0 rings (SSSR count). The van der Waals surface area contributed by atoms with E-state index < -0.39 is 0 Å². The van der Waals surface area contributed by atoms with Crippen LogP contribution < -0.4 is 5.32 Å². The van der Waals surface area contributed by atoms with Crippen molar-refractivity contribution < 1.29 is 9.90 Å². The minimum atomic E-state index is -0.295. The van der Waals surface area contributed by atoms with Crippen molar-refractivity contribution in [1.29, 1.82) is 0 Å². The fourth-order valence-corrected chi connectivity index (χ4v) is 0.645. The summed E-state index contributed by atoms with van der Waals surface area (Å²) < 4.78 is 0. The van der Waals surface area contributed by atoms with Crippen molar-refractivity contribution >= 4 is 17.7 Å². The van der Waals surface area contributed by atoms with Gasteiger partial charge in [0.25, 0.3) is 0 Å². The molecule has 2 N–H and O–H groups in total. The van der Waals surface area contributed by atoms with Crippen LogP contribution in [0.4, 0.5) is 0 Å². The van der Waals surface area contributed by atoms with Crippen LogP contribution in [-0.4, -0.2) is 23.5 Å². The number of thioether (sulfide) groups is 1. The van der Waals surface area contributed by atoms with Crippen molar-refractivity contribution in [1.82, 2.24) is 5.32 Å². The van der Waals surface area contributed by atoms with Crippen molar-refractivity contribution in [2.24, 2.45) is 0 Å². The summed E-state index contributed by atoms with van der Waals surface area (Å²) in [7, 11) is 0. The number of hydrogen-bond donors (Lipinski definition) is 2. The van der Waals surface area contributed by atoms with Crippen LogP contribution in [0, 0.1) is 0 Å². The fraction of sp³-hybridized carbons (Fsp3) is 0.400. The number of carbonyl (C=O) groups is 1. The van der Waals surface area contributed by atoms with Crippen LogP contribution in [-0.2, 0) is 4.79 Å². The average molecular weight is 147 g/mol. The quantitative estimate of drug-likeness (QED) is 0.547. The zero-order chi connectivity index (χ0) is 7.11. The highest BCUT2D eigenvalue weighted by Gasteiger charge is 1.94. The number of aliphatic hydroxyl groups is 1. The molecule has 9 heavy (non-hydrogen) atoms. The third kappa shape index (κ3) is 5.39. The SMILES string of the molecule is C=CSCC(=O)NCO. The second-order valence-electron chi connectivity index (χ2n) is 1.24. The second-order valence-corrected chi connectivity index (χ2v) is 2.19. The zero-order valence-corrected chi connectivity index (χ0v) is 5.78. The molecule has 0 radical (unpaired) electrons. The molecule has 0 aliphatic rings. The van der Waals surface area contributed by atoms with Crippen molar-refractivity contribution in [3.05, 3.63) is 12.0 Å². The third-order valence-electron chi connectivity index (χ3n) is 0.609. The van der Waals surface area contributed by atoms with Gasteiger partial charge in [-0.3, -0.25) is 4.79 Å². The van der Waals surface area contributed by atoms with Crippen LogP contribution in [0.3, 0.4) is 0 Å². The lowest BCUT2D eigenvalue weighted by Gasteiger charge is -1.96. The van der Waals surface area contributed by atoms with Crippen LogP contribution >= 0.6 is 11.8 Å². The molecule has 0 atom stereocenters. The largest absolute Gasteiger partial charge is 0.377 e. The Balaban J connectivity index is 3.16. The summed E-state index contributed by atoms with van der Waals surface area (Å²) in [6.45, 7) is 3.12. The smallest absolute Gasteiger partial charge is 0.232 e. The molecule has 0 heterocycles. The summed E-state index contributed by atoms with van der Waals surface area (Å²) in [6.07, 6.45) is 0. The van der Waals surface area contributed by atoms with Gasteiger partial charge in [0.1, 0.15) is 6.73 Å². The van der Waals surface area contributed by atoms with E-state index >= 15 is 0 Å². The van der Waals surface area contributed by atoms with Crippen LogP contribution in [0.2, 0.25) is 0 Å². The van der Waals surface area contributed by atoms with Gasteiger partial charge >= 0.3 is 0 Å². The normalized spacial score (nSPS) is 8.56. The second kappa shape index (κ2) is 5.65. The van der Waals surface area contributed by atoms with Crippen molar-refractivity contribution in [3.8, 4) is 0 Å². The van der Waals surface area contributed by atoms with E-state index in [1.807, 2.05) is 0 Å². The standard InChI is InChI=1S/C5H9NO2S/c1-2-9-3-5(8)6-4-7/h2,7H,1,3-4H2,(H,6,8). The van der Waals surface area contributed by atoms with Gasteiger partial charge in [-0.15, -0.1) is 11.8 Å². The van der Waals surface area contributed by atoms with Crippen LogP contribution in [0.1, 0.15) is 0 Å². The predicted octanol–water partition coefficient (Wildman–Crippen LogP) is -0.0709. The fourth-order valence-electron chi connectivity index (χ4n) is 0.274. The molecule has 0 spiro atoms. The summed E-state index contributed by atoms with van der Waals surface area (Å²) in [5.41, 5.74) is 0. The number of nitrogens with one attached hydrogen (secondary N) is 1. The summed E-state index contributed by atoms with van der Waals surface area (Å²) in [5.74, 6) is 0.145. The summed E-state index contributed by atoms with van der Waals surface area (Å²) >= 11 is 1.30. The van der Waals surface area contributed by atoms with E-state index in [1.165, 1.54) is 11.8 Å². The Kier molecular flexibility index (Phi) is 5.35. The van der Waals surface area contributed by atoms with E-state index in [4.69, 9.17) is 5.11 Å². The van der Waals surface area contributed by atoms with E-state index in [9.17, 15) is 4.79 Å². The van der Waals surface area contributed by atoms with Crippen molar-refractivity contribution in [2.45, 2.75) is 0 Å². The molecule has 0 fully saturated rings. The van der Waals surface area contributed by atoms with Gasteiger partial charge in [0.15, 0.2) is 0 Å². The minimum Gasteiger partial charge on any atom is -0.377 e. The molecule has 0 unspecified atom stereocenters. The third-order valence-corrected chi connectivity index (χ3v) is 1.27. The van der Waals surface area contributed by atoms with E-state index in [-0.39, 0.29) is 12.6 Å². The maximum absolute atomic E-state index is 10.5. The van der Waals surface area contributed by atoms with E-state index in [2.05, 4.69) is 11.9 Å². The van der Waals surface area contributed by atoms with E-state index in [0.717, 1.165) is 0 Å². The Bertz CT molecular complexity index is 105. The molecule has 0 bridgehead atoms. The molecule has 1 amide bonds. The summed E-state index contributed by atoms with van der Waals surface area (Å²) in [4.78, 5) is 10.5. The van der Waals surface area contributed by atoms with Crippen LogP contribution in [0.15, 0.2) is 12.0 Å². The first-order valence-corrected chi connectivity index (χ1v) is 3.46. The monoisotopic (exact) mass is 147 g/mol. The topological polar surface area (TPSA) is 49.3 Å². The first kappa shape index (κ1) is 8.52. The number of amides is 1. The van der Waals surface area contributed by atoms with Gasteiger partial charge in [-0.1, -0.05) is 6.58 Å². The first-order chi connectivity index (χ1) is 4.31. The Morgan fingerprint density at radius 2 is 2.56 bits per heavy atom. The highest BCUT2D eigenvalue weighted by molar-refractivity contribution is 8.02. The molecule has 3 nitrogen and oxygen atoms in total. The Labute approximate surface area is 58.1 Å². The summed E-state index contributed by atoms with van der Waals surface area (Å²) in [5, 5.41) is 12.0. The zero-order valence-electron chi connectivity index (χ0n) is 4.96. The van der Waals surface area contributed by atoms with Gasteiger partial charge < -0.3 is 10.4 Å². The lowest BCUT2D eigenvalue weighted by molar-refractivity contribution is -0.119. The highest BCUT2D eigenvalue weighted by atomic mass is 32.2. The van der Waals surface area contributed by atoms with Gasteiger partial charge in [-0.2, -0.15) is 0 Å². The molecule has 0 saturated heterocycles. The number of hydrogen-bond acceptors (Lipinski definition) is 3. The maximum atomic E-state index is 10.5. The van der Waals surface area contributed by atoms with E-state index in [1.54, 1.807) is 5.41 Å². The maximum Gasteiger partial charge on any atom is 0.232 e. The van der Waals surface area contributed by atoms with E-state index in [0.29, 0.717) is 5.75 Å². The molecule has 52 valence electrons. The van der Waals surface area contributed by atoms with Gasteiger partial charge in [-0.25, -0.2) is 0 Å². The minimum absolute atomic E-state index is 0.178. The molecule has 0 aromatic rings. The Hall–Kier alpha value is -0.480. The molecular formula is C5H9NO2S. The first-order valence-electron chi connectivity index (χ1n) is 2.41. The summed E-state index contributed by atoms with van der Waals surface area (Å²) in [6, 6.07) is 0. The average Bonchev–Trinajstić information content (AvgIpc) is 1.85. The van der Waals surface area contributed by atoms with Gasteiger partial charge in [0.2, 0.25) is 5.91 Å². The lowest BCUT2D eigenvalue weighted by Crippen LogP contribution is -2.25. The molecular weight excluding hydrogens is 138 g/mol. The van der Waals surface area contributed by atoms with Crippen molar-refractivity contribution in [2.75, 3.05) is 12.5 Å². The number of carbonyl (C=O) groups excluding carboxylic acids is 1. The van der Waals surface area contributed by atoms with Gasteiger partial charge in [0, 0.05) is 0 Å². The lowest BCUT2D eigenvalue weighted by atomic mass is 10.7. The number of aliphatic hydroxyl groups excluding tert-OH is 1. The molecule has 0 aromatic heterocycles.